The molecule has 0 bridgehead atoms. The summed E-state index contributed by atoms with van der Waals surface area (Å²) in [5.74, 6) is 9.01. The van der Waals surface area contributed by atoms with E-state index in [1.807, 2.05) is 0 Å². The van der Waals surface area contributed by atoms with Crippen molar-refractivity contribution >= 4 is 21.6 Å². The number of hydrogen-bond acceptors (Lipinski definition) is 4. The van der Waals surface area contributed by atoms with E-state index in [-0.39, 0.29) is 0 Å². The molecule has 0 N–H and O–H groups in total. The summed E-state index contributed by atoms with van der Waals surface area (Å²) in [4.78, 5) is 6.07. The van der Waals surface area contributed by atoms with Crippen molar-refractivity contribution in [2.24, 2.45) is 35.5 Å². The van der Waals surface area contributed by atoms with E-state index >= 15 is 0 Å². The van der Waals surface area contributed by atoms with E-state index in [1.54, 1.807) is 38.5 Å². The van der Waals surface area contributed by atoms with Gasteiger partial charge in [0.2, 0.25) is 0 Å². The lowest BCUT2D eigenvalue weighted by Crippen LogP contribution is -2.45. The molecule has 0 spiro atoms. The first-order valence-corrected chi connectivity index (χ1v) is 37.9. The highest BCUT2D eigenvalue weighted by Crippen LogP contribution is 2.47. The molecular weight excluding hydrogens is 933 g/mol. The molecule has 438 valence electrons. The predicted octanol–water partition coefficient (Wildman–Crippen LogP) is 23.8. The quantitative estimate of drug-likeness (QED) is 0.0442. The Hall–Kier alpha value is 0.620. The van der Waals surface area contributed by atoms with Crippen molar-refractivity contribution in [2.75, 3.05) is 37.7 Å². The van der Waals surface area contributed by atoms with Gasteiger partial charge in [-0.2, -0.15) is 0 Å². The van der Waals surface area contributed by atoms with Crippen LogP contribution in [0.1, 0.15) is 362 Å². The maximum Gasteiger partial charge on any atom is 0.0165 e. The number of hydrogen-bond donors (Lipinski definition) is 0. The van der Waals surface area contributed by atoms with Gasteiger partial charge in [0, 0.05) is 36.7 Å². The van der Waals surface area contributed by atoms with E-state index in [4.69, 9.17) is 0 Å². The van der Waals surface area contributed by atoms with Crippen molar-refractivity contribution in [3.63, 3.8) is 0 Å². The number of unbranched alkanes of at least 4 members (excludes halogenated alkanes) is 30. The fourth-order valence-corrected chi connectivity index (χ4v) is 17.0. The fourth-order valence-electron chi connectivity index (χ4n) is 15.0. The third-order valence-electron chi connectivity index (χ3n) is 20.1. The third kappa shape index (κ3) is 33.4. The second-order valence-electron chi connectivity index (χ2n) is 26.5. The van der Waals surface area contributed by atoms with E-state index in [0.717, 1.165) is 47.6 Å². The number of rotatable bonds is 55. The van der Waals surface area contributed by atoms with Gasteiger partial charge in [0.1, 0.15) is 0 Å². The van der Waals surface area contributed by atoms with Crippen LogP contribution in [0.15, 0.2) is 0 Å². The number of likely N-dealkylation sites (tertiary alicyclic amines) is 2. The van der Waals surface area contributed by atoms with Crippen LogP contribution >= 0.6 is 21.6 Å². The Bertz CT molecular complexity index is 1100. The molecule has 0 radical (unpaired) electrons. The standard InChI is InChI=1S/C70H136N2S2/c1-5-9-13-17-25-33-45-63(47-35-29-21-23-31-39-51-67-61-65(67)49-37-27-19-15-11-7-3)69-53-41-43-55-71(69)57-59-73-74-60-58-72-56-44-42-54-70(72)64(46-34-26-18-14-10-6-2)48-36-30-22-24-32-40-52-68-62-66(68)50-38-28-20-16-12-8-4/h63-70H,5-62H2,1-4H3. The zero-order chi connectivity index (χ0) is 52.2. The molecule has 2 heterocycles. The van der Waals surface area contributed by atoms with Gasteiger partial charge in [-0.25, -0.2) is 0 Å². The van der Waals surface area contributed by atoms with Crippen LogP contribution in [0, 0.1) is 35.5 Å². The fraction of sp³-hybridized carbons (Fsp3) is 1.00. The van der Waals surface area contributed by atoms with Crippen LogP contribution in [0.25, 0.3) is 0 Å². The molecule has 0 aromatic rings. The van der Waals surface area contributed by atoms with Gasteiger partial charge in [-0.05, 0) is 113 Å². The molecule has 4 fully saturated rings. The molecule has 4 aliphatic rings. The summed E-state index contributed by atoms with van der Waals surface area (Å²) in [6.45, 7) is 14.8. The summed E-state index contributed by atoms with van der Waals surface area (Å²) in [7, 11) is 4.48. The Labute approximate surface area is 475 Å². The van der Waals surface area contributed by atoms with Gasteiger partial charge in [0.05, 0.1) is 0 Å². The van der Waals surface area contributed by atoms with Crippen LogP contribution < -0.4 is 0 Å². The summed E-state index contributed by atoms with van der Waals surface area (Å²) < 4.78 is 0. The molecule has 8 unspecified atom stereocenters. The first-order chi connectivity index (χ1) is 36.7. The summed E-state index contributed by atoms with van der Waals surface area (Å²) in [6.07, 6.45) is 77.2. The lowest BCUT2D eigenvalue weighted by atomic mass is 9.83. The average molecular weight is 1070 g/mol. The second-order valence-corrected chi connectivity index (χ2v) is 29.2. The summed E-state index contributed by atoms with van der Waals surface area (Å²) in [5, 5.41) is 0. The summed E-state index contributed by atoms with van der Waals surface area (Å²) in [5.41, 5.74) is 0. The Morgan fingerprint density at radius 3 is 0.851 bits per heavy atom. The van der Waals surface area contributed by atoms with E-state index < -0.39 is 0 Å². The van der Waals surface area contributed by atoms with Gasteiger partial charge in [0.25, 0.3) is 0 Å². The molecule has 4 rings (SSSR count). The van der Waals surface area contributed by atoms with E-state index in [9.17, 15) is 0 Å². The van der Waals surface area contributed by atoms with Crippen LogP contribution in [0.2, 0.25) is 0 Å². The van der Waals surface area contributed by atoms with Crippen LogP contribution in [0.4, 0.5) is 0 Å². The normalized spacial score (nSPS) is 23.2. The van der Waals surface area contributed by atoms with Crippen LogP contribution in [0.3, 0.4) is 0 Å². The lowest BCUT2D eigenvalue weighted by molar-refractivity contribution is 0.0947. The monoisotopic (exact) mass is 1070 g/mol. The van der Waals surface area contributed by atoms with E-state index in [1.165, 1.54) is 333 Å². The first-order valence-electron chi connectivity index (χ1n) is 35.4. The van der Waals surface area contributed by atoms with Gasteiger partial charge < -0.3 is 0 Å². The molecule has 74 heavy (non-hydrogen) atoms. The molecule has 0 aromatic carbocycles. The van der Waals surface area contributed by atoms with Gasteiger partial charge in [-0.1, -0.05) is 319 Å². The van der Waals surface area contributed by atoms with E-state index in [2.05, 4.69) is 59.1 Å². The van der Waals surface area contributed by atoms with Gasteiger partial charge >= 0.3 is 0 Å². The minimum atomic E-state index is 0.866. The Morgan fingerprint density at radius 2 is 0.568 bits per heavy atom. The zero-order valence-corrected chi connectivity index (χ0v) is 53.0. The number of piperidine rings is 2. The smallest absolute Gasteiger partial charge is 0.0165 e. The SMILES string of the molecule is CCCCCCCCC1CC1CCCCCCCCC(CCCCCCCC)C1CCCCN1CCSSCCN1CCCCC1C(CCCCCCCC)CCCCCCCCC1CC1CCCCCCCC. The Morgan fingerprint density at radius 1 is 0.311 bits per heavy atom. The van der Waals surface area contributed by atoms with Crippen molar-refractivity contribution in [3.8, 4) is 0 Å². The highest BCUT2D eigenvalue weighted by atomic mass is 33.1. The number of nitrogens with zero attached hydrogens (tertiary/aromatic N) is 2. The molecule has 2 nitrogen and oxygen atoms in total. The highest BCUT2D eigenvalue weighted by molar-refractivity contribution is 8.76. The molecule has 2 saturated carbocycles. The molecule has 4 heteroatoms. The second kappa shape index (κ2) is 47.3. The minimum Gasteiger partial charge on any atom is -0.299 e. The van der Waals surface area contributed by atoms with Crippen LogP contribution in [0.5, 0.6) is 0 Å². The minimum absolute atomic E-state index is 0.866. The van der Waals surface area contributed by atoms with Gasteiger partial charge in [0.15, 0.2) is 0 Å². The predicted molar refractivity (Wildman–Crippen MR) is 339 cm³/mol. The molecular formula is C70H136N2S2. The molecule has 2 aliphatic carbocycles. The first kappa shape index (κ1) is 67.1. The van der Waals surface area contributed by atoms with Crippen molar-refractivity contribution in [1.82, 2.24) is 9.80 Å². The van der Waals surface area contributed by atoms with Crippen molar-refractivity contribution in [2.45, 2.75) is 374 Å². The molecule has 8 atom stereocenters. The molecule has 2 aliphatic heterocycles. The topological polar surface area (TPSA) is 6.48 Å². The lowest BCUT2D eigenvalue weighted by Gasteiger charge is -2.41. The zero-order valence-electron chi connectivity index (χ0n) is 51.3. The van der Waals surface area contributed by atoms with Gasteiger partial charge in [-0.3, -0.25) is 9.80 Å². The maximum absolute atomic E-state index is 3.03. The largest absolute Gasteiger partial charge is 0.299 e. The van der Waals surface area contributed by atoms with E-state index in [0.29, 0.717) is 0 Å². The maximum atomic E-state index is 3.03. The third-order valence-corrected chi connectivity index (χ3v) is 22.4. The van der Waals surface area contributed by atoms with Crippen LogP contribution in [-0.2, 0) is 0 Å². The van der Waals surface area contributed by atoms with Gasteiger partial charge in [-0.15, -0.1) is 0 Å². The Kier molecular flexibility index (Phi) is 42.9. The Balaban J connectivity index is 1.11. The summed E-state index contributed by atoms with van der Waals surface area (Å²) in [6, 6.07) is 1.73. The van der Waals surface area contributed by atoms with Crippen LogP contribution in [-0.4, -0.2) is 59.6 Å². The van der Waals surface area contributed by atoms with Crippen molar-refractivity contribution in [3.05, 3.63) is 0 Å². The van der Waals surface area contributed by atoms with Crippen molar-refractivity contribution in [1.29, 1.82) is 0 Å². The molecule has 0 aromatic heterocycles. The molecule has 2 saturated heterocycles. The average Bonchev–Trinajstić information content (AvgIpc) is 4.36. The summed E-state index contributed by atoms with van der Waals surface area (Å²) >= 11 is 0. The van der Waals surface area contributed by atoms with Crippen molar-refractivity contribution < 1.29 is 0 Å². The molecule has 0 amide bonds. The highest BCUT2D eigenvalue weighted by Gasteiger charge is 2.36.